The van der Waals surface area contributed by atoms with Crippen LogP contribution in [0, 0.1) is 0 Å². The van der Waals surface area contributed by atoms with Crippen molar-refractivity contribution >= 4 is 11.4 Å². The van der Waals surface area contributed by atoms with Crippen molar-refractivity contribution in [2.24, 2.45) is 0 Å². The van der Waals surface area contributed by atoms with Gasteiger partial charge < -0.3 is 34.3 Å². The monoisotopic (exact) mass is 438 g/mol. The topological polar surface area (TPSA) is 85.6 Å². The number of nitrogens with zero attached hydrogens (tertiary/aromatic N) is 1. The fraction of sp³-hybridized carbons (Fsp3) is 0.520. The van der Waals surface area contributed by atoms with Crippen molar-refractivity contribution in [1.82, 2.24) is 0 Å². The quantitative estimate of drug-likeness (QED) is 0.389. The third kappa shape index (κ3) is 4.92. The van der Waals surface area contributed by atoms with Crippen molar-refractivity contribution in [2.45, 2.75) is 49.5 Å². The Kier molecular flexibility index (Phi) is 5.31. The summed E-state index contributed by atoms with van der Waals surface area (Å²) in [5.74, 6) is -1.32. The zero-order valence-electron chi connectivity index (χ0n) is 18.1. The molecule has 2 aromatic rings. The van der Waals surface area contributed by atoms with Crippen molar-refractivity contribution in [3.05, 3.63) is 59.7 Å². The molecule has 170 valence electrons. The van der Waals surface area contributed by atoms with Gasteiger partial charge in [0, 0.05) is 30.6 Å². The lowest BCUT2D eigenvalue weighted by Crippen LogP contribution is -2.57. The van der Waals surface area contributed by atoms with E-state index in [2.05, 4.69) is 28.4 Å². The summed E-state index contributed by atoms with van der Waals surface area (Å²) in [6.45, 7) is 3.61. The highest BCUT2D eigenvalue weighted by Gasteiger charge is 2.45. The van der Waals surface area contributed by atoms with Crippen molar-refractivity contribution in [3.63, 3.8) is 0 Å². The molecule has 0 bridgehead atoms. The maximum Gasteiger partial charge on any atom is 0.219 e. The van der Waals surface area contributed by atoms with Crippen LogP contribution in [0.15, 0.2) is 48.5 Å². The average Bonchev–Trinajstić information content (AvgIpc) is 3.61. The number of benzene rings is 2. The second kappa shape index (κ2) is 8.32. The van der Waals surface area contributed by atoms with Gasteiger partial charge in [0.1, 0.15) is 0 Å². The fourth-order valence-corrected chi connectivity index (χ4v) is 4.46. The van der Waals surface area contributed by atoms with Gasteiger partial charge in [-0.15, -0.1) is 0 Å². The number of aliphatic hydroxyl groups is 1. The molecule has 32 heavy (non-hydrogen) atoms. The molecule has 7 heteroatoms. The van der Waals surface area contributed by atoms with E-state index in [0.29, 0.717) is 32.3 Å². The van der Waals surface area contributed by atoms with E-state index < -0.39 is 5.85 Å². The van der Waals surface area contributed by atoms with Gasteiger partial charge in [0.05, 0.1) is 57.4 Å². The van der Waals surface area contributed by atoms with Crippen LogP contribution in [0.1, 0.15) is 17.5 Å². The van der Waals surface area contributed by atoms with Crippen LogP contribution in [-0.2, 0) is 31.8 Å². The lowest BCUT2D eigenvalue weighted by atomic mass is 9.95. The Labute approximate surface area is 188 Å². The zero-order valence-corrected chi connectivity index (χ0v) is 18.1. The molecule has 4 heterocycles. The van der Waals surface area contributed by atoms with E-state index in [1.54, 1.807) is 0 Å². The molecule has 4 fully saturated rings. The molecule has 5 unspecified atom stereocenters. The fourth-order valence-electron chi connectivity index (χ4n) is 4.46. The molecule has 7 nitrogen and oxygen atoms in total. The largest absolute Gasteiger partial charge is 0.373 e. The molecule has 2 aromatic carbocycles. The number of anilines is 2. The van der Waals surface area contributed by atoms with Crippen LogP contribution in [0.2, 0.25) is 0 Å². The molecular formula is C25H30N2O5. The number of rotatable bonds is 12. The molecule has 4 saturated heterocycles. The second-order valence-electron chi connectivity index (χ2n) is 9.27. The Morgan fingerprint density at radius 2 is 1.47 bits per heavy atom. The van der Waals surface area contributed by atoms with Crippen molar-refractivity contribution in [3.8, 4) is 0 Å². The van der Waals surface area contributed by atoms with Crippen molar-refractivity contribution in [1.29, 1.82) is 0 Å². The van der Waals surface area contributed by atoms with Crippen LogP contribution in [0.3, 0.4) is 0 Å². The molecule has 0 radical (unpaired) electrons. The summed E-state index contributed by atoms with van der Waals surface area (Å²) in [5.41, 5.74) is 4.40. The van der Waals surface area contributed by atoms with Gasteiger partial charge in [-0.1, -0.05) is 30.3 Å². The highest BCUT2D eigenvalue weighted by Crippen LogP contribution is 2.38. The maximum absolute atomic E-state index is 12.1. The lowest BCUT2D eigenvalue weighted by Gasteiger charge is -2.43. The first kappa shape index (κ1) is 20.4. The molecular weight excluding hydrogens is 408 g/mol. The van der Waals surface area contributed by atoms with Gasteiger partial charge >= 0.3 is 0 Å². The van der Waals surface area contributed by atoms with E-state index in [4.69, 9.17) is 18.9 Å². The van der Waals surface area contributed by atoms with Crippen molar-refractivity contribution in [2.75, 3.05) is 43.2 Å². The summed E-state index contributed by atoms with van der Waals surface area (Å²) in [5, 5.41) is 15.6. The predicted molar refractivity (Wildman–Crippen MR) is 120 cm³/mol. The first-order chi connectivity index (χ1) is 15.7. The number of para-hydroxylation sites is 1. The molecule has 4 aliphatic rings. The normalized spacial score (nSPS) is 29.2. The minimum Gasteiger partial charge on any atom is -0.373 e. The first-order valence-corrected chi connectivity index (χ1v) is 11.6. The number of hydrogen-bond donors (Lipinski definition) is 2. The van der Waals surface area contributed by atoms with E-state index in [0.717, 1.165) is 37.4 Å². The molecule has 5 atom stereocenters. The molecule has 0 aliphatic carbocycles. The summed E-state index contributed by atoms with van der Waals surface area (Å²) in [4.78, 5) is 2.09. The van der Waals surface area contributed by atoms with E-state index in [-0.39, 0.29) is 18.3 Å². The molecule has 4 aliphatic heterocycles. The standard InChI is InChI=1S/C25H30N2O5/c28-25(11-21-15-31-21,26-18-6-2-1-3-7-18)27(12-22-16-32-22)24-8-4-5-17(9-19-13-29-19)23(24)10-20-14-30-20/h1-8,19-22,26,28H,9-16H2. The molecule has 0 aromatic heterocycles. The van der Waals surface area contributed by atoms with Crippen LogP contribution in [0.5, 0.6) is 0 Å². The van der Waals surface area contributed by atoms with E-state index >= 15 is 0 Å². The van der Waals surface area contributed by atoms with Gasteiger partial charge in [0.2, 0.25) is 5.85 Å². The number of hydrogen-bond acceptors (Lipinski definition) is 7. The van der Waals surface area contributed by atoms with Gasteiger partial charge in [-0.05, 0) is 29.3 Å². The maximum atomic E-state index is 12.1. The number of nitrogens with one attached hydrogen (secondary N) is 1. The Balaban J connectivity index is 1.39. The first-order valence-electron chi connectivity index (χ1n) is 11.6. The second-order valence-corrected chi connectivity index (χ2v) is 9.27. The predicted octanol–water partition coefficient (Wildman–Crippen LogP) is 2.32. The molecule has 6 rings (SSSR count). The van der Waals surface area contributed by atoms with E-state index in [9.17, 15) is 5.11 Å². The molecule has 0 spiro atoms. The van der Waals surface area contributed by atoms with Crippen LogP contribution >= 0.6 is 0 Å². The van der Waals surface area contributed by atoms with Gasteiger partial charge in [0.15, 0.2) is 0 Å². The number of epoxide rings is 4. The Morgan fingerprint density at radius 1 is 0.812 bits per heavy atom. The minimum absolute atomic E-state index is 0.0390. The SMILES string of the molecule is OC(CC1CO1)(Nc1ccccc1)N(CC1CO1)c1cccc(CC2CO2)c1CC1CO1. The van der Waals surface area contributed by atoms with Crippen LogP contribution in [-0.4, -0.2) is 68.3 Å². The average molecular weight is 439 g/mol. The summed E-state index contributed by atoms with van der Waals surface area (Å²) in [6, 6.07) is 16.2. The Morgan fingerprint density at radius 3 is 2.12 bits per heavy atom. The van der Waals surface area contributed by atoms with Crippen LogP contribution in [0.25, 0.3) is 0 Å². The smallest absolute Gasteiger partial charge is 0.219 e. The van der Waals surface area contributed by atoms with E-state index in [1.165, 1.54) is 11.1 Å². The molecule has 0 amide bonds. The highest BCUT2D eigenvalue weighted by atomic mass is 16.6. The number of ether oxygens (including phenoxy) is 4. The Hall–Kier alpha value is -2.16. The highest BCUT2D eigenvalue weighted by molar-refractivity contribution is 5.61. The summed E-state index contributed by atoms with van der Waals surface area (Å²) in [6.07, 6.45) is 2.88. The minimum atomic E-state index is -1.32. The van der Waals surface area contributed by atoms with Gasteiger partial charge in [-0.3, -0.25) is 0 Å². The lowest BCUT2D eigenvalue weighted by molar-refractivity contribution is 0.0466. The van der Waals surface area contributed by atoms with Crippen molar-refractivity contribution < 1.29 is 24.1 Å². The van der Waals surface area contributed by atoms with Gasteiger partial charge in [-0.25, -0.2) is 0 Å². The molecule has 2 N–H and O–H groups in total. The summed E-state index contributed by atoms with van der Waals surface area (Å²) in [7, 11) is 0. The third-order valence-electron chi connectivity index (χ3n) is 6.49. The van der Waals surface area contributed by atoms with E-state index in [1.807, 2.05) is 30.3 Å². The Bertz CT molecular complexity index is 941. The summed E-state index contributed by atoms with van der Waals surface area (Å²) >= 11 is 0. The van der Waals surface area contributed by atoms with Crippen LogP contribution in [0.4, 0.5) is 11.4 Å². The van der Waals surface area contributed by atoms with Gasteiger partial charge in [-0.2, -0.15) is 0 Å². The third-order valence-corrected chi connectivity index (χ3v) is 6.49. The summed E-state index contributed by atoms with van der Waals surface area (Å²) < 4.78 is 22.3. The molecule has 0 saturated carbocycles. The van der Waals surface area contributed by atoms with Gasteiger partial charge in [0.25, 0.3) is 0 Å². The van der Waals surface area contributed by atoms with Crippen LogP contribution < -0.4 is 10.2 Å². The zero-order chi connectivity index (χ0) is 21.5.